The number of halogens is 3. The van der Waals surface area contributed by atoms with Gasteiger partial charge in [0.25, 0.3) is 0 Å². The zero-order chi connectivity index (χ0) is 14.8. The molecule has 0 unspecified atom stereocenters. The number of rotatable bonds is 4. The molecular weight excluding hydrogens is 269 g/mol. The highest BCUT2D eigenvalue weighted by Gasteiger charge is 2.33. The van der Waals surface area contributed by atoms with Gasteiger partial charge < -0.3 is 5.32 Å². The lowest BCUT2D eigenvalue weighted by Crippen LogP contribution is -2.22. The molecule has 0 aliphatic rings. The van der Waals surface area contributed by atoms with E-state index in [4.69, 9.17) is 0 Å². The first-order valence-corrected chi connectivity index (χ1v) is 6.19. The van der Waals surface area contributed by atoms with E-state index in [-0.39, 0.29) is 0 Å². The second-order valence-electron chi connectivity index (χ2n) is 4.67. The summed E-state index contributed by atoms with van der Waals surface area (Å²) in [4.78, 5) is 4.28. The smallest absolute Gasteiger partial charge is 0.309 e. The lowest BCUT2D eigenvalue weighted by Gasteiger charge is -2.08. The molecule has 0 saturated heterocycles. The van der Waals surface area contributed by atoms with E-state index in [1.807, 2.05) is 19.9 Å². The number of pyridine rings is 1. The van der Waals surface area contributed by atoms with Gasteiger partial charge in [0.05, 0.1) is 5.69 Å². The first-order chi connectivity index (χ1) is 9.36. The molecule has 0 aliphatic carbocycles. The molecule has 0 bridgehead atoms. The van der Waals surface area contributed by atoms with Crippen molar-refractivity contribution in [3.8, 4) is 5.82 Å². The quantitative estimate of drug-likeness (QED) is 0.938. The predicted molar refractivity (Wildman–Crippen MR) is 68.3 cm³/mol. The van der Waals surface area contributed by atoms with E-state index >= 15 is 0 Å². The van der Waals surface area contributed by atoms with Crippen LogP contribution < -0.4 is 5.32 Å². The number of hydrogen-bond acceptors (Lipinski definition) is 3. The van der Waals surface area contributed by atoms with Gasteiger partial charge in [-0.25, -0.2) is 9.67 Å². The first kappa shape index (κ1) is 14.5. The summed E-state index contributed by atoms with van der Waals surface area (Å²) < 4.78 is 38.6. The molecule has 2 aromatic rings. The highest BCUT2D eigenvalue weighted by Crippen LogP contribution is 2.27. The summed E-state index contributed by atoms with van der Waals surface area (Å²) in [5, 5.41) is 6.69. The second kappa shape index (κ2) is 5.62. The van der Waals surface area contributed by atoms with Gasteiger partial charge in [-0.1, -0.05) is 19.9 Å². The predicted octanol–water partition coefficient (Wildman–Crippen LogP) is 2.78. The Kier molecular flexibility index (Phi) is 4.08. The van der Waals surface area contributed by atoms with Crippen molar-refractivity contribution in [3.63, 3.8) is 0 Å². The van der Waals surface area contributed by atoms with Crippen LogP contribution >= 0.6 is 0 Å². The van der Waals surface area contributed by atoms with Crippen molar-refractivity contribution in [3.05, 3.63) is 41.9 Å². The molecule has 0 fully saturated rings. The number of hydrogen-bond donors (Lipinski definition) is 1. The summed E-state index contributed by atoms with van der Waals surface area (Å²) in [5.41, 5.74) is -0.176. The fourth-order valence-electron chi connectivity index (χ4n) is 1.60. The Labute approximate surface area is 114 Å². The highest BCUT2D eigenvalue weighted by molar-refractivity contribution is 5.24. The maximum absolute atomic E-state index is 12.5. The largest absolute Gasteiger partial charge is 0.435 e. The van der Waals surface area contributed by atoms with Gasteiger partial charge in [0.1, 0.15) is 0 Å². The topological polar surface area (TPSA) is 42.7 Å². The van der Waals surface area contributed by atoms with Crippen LogP contribution in [0.25, 0.3) is 5.82 Å². The van der Waals surface area contributed by atoms with E-state index < -0.39 is 11.9 Å². The molecule has 0 spiro atoms. The van der Waals surface area contributed by atoms with Crippen LogP contribution in [0.5, 0.6) is 0 Å². The van der Waals surface area contributed by atoms with E-state index in [0.717, 1.165) is 16.4 Å². The second-order valence-corrected chi connectivity index (χ2v) is 4.67. The molecule has 1 N–H and O–H groups in total. The van der Waals surface area contributed by atoms with Crippen LogP contribution in [0.15, 0.2) is 30.5 Å². The molecule has 0 amide bonds. The van der Waals surface area contributed by atoms with Crippen molar-refractivity contribution in [1.82, 2.24) is 20.1 Å². The van der Waals surface area contributed by atoms with E-state index in [2.05, 4.69) is 15.4 Å². The molecule has 0 atom stereocenters. The standard InChI is InChI=1S/C13H15F3N4/c1-9(2)17-8-10-4-3-5-12(18-10)20-7-6-11(19-20)13(14,15)16/h3-7,9,17H,8H2,1-2H3. The molecule has 0 radical (unpaired) electrons. The Hall–Kier alpha value is -1.89. The van der Waals surface area contributed by atoms with E-state index in [9.17, 15) is 13.2 Å². The molecule has 2 rings (SSSR count). The molecule has 0 aliphatic heterocycles. The maximum atomic E-state index is 12.5. The van der Waals surface area contributed by atoms with Crippen LogP contribution in [0.1, 0.15) is 25.2 Å². The fraction of sp³-hybridized carbons (Fsp3) is 0.385. The average Bonchev–Trinajstić information content (AvgIpc) is 2.86. The number of alkyl halides is 3. The normalized spacial score (nSPS) is 12.1. The van der Waals surface area contributed by atoms with Crippen molar-refractivity contribution >= 4 is 0 Å². The Bertz CT molecular complexity index is 575. The molecule has 7 heteroatoms. The molecule has 2 heterocycles. The van der Waals surface area contributed by atoms with E-state index in [0.29, 0.717) is 18.4 Å². The zero-order valence-corrected chi connectivity index (χ0v) is 11.1. The van der Waals surface area contributed by atoms with Crippen molar-refractivity contribution in [2.24, 2.45) is 0 Å². The Morgan fingerprint density at radius 1 is 1.25 bits per heavy atom. The third-order valence-corrected chi connectivity index (χ3v) is 2.60. The molecule has 4 nitrogen and oxygen atoms in total. The maximum Gasteiger partial charge on any atom is 0.435 e. The van der Waals surface area contributed by atoms with E-state index in [1.54, 1.807) is 12.1 Å². The van der Waals surface area contributed by atoms with Crippen molar-refractivity contribution in [2.45, 2.75) is 32.6 Å². The zero-order valence-electron chi connectivity index (χ0n) is 11.1. The number of nitrogens with one attached hydrogen (secondary N) is 1. The molecule has 20 heavy (non-hydrogen) atoms. The van der Waals surface area contributed by atoms with Crippen LogP contribution in [0.2, 0.25) is 0 Å². The van der Waals surface area contributed by atoms with Gasteiger partial charge in [0, 0.05) is 18.8 Å². The Morgan fingerprint density at radius 2 is 2.00 bits per heavy atom. The summed E-state index contributed by atoms with van der Waals surface area (Å²) in [7, 11) is 0. The van der Waals surface area contributed by atoms with Crippen LogP contribution in [-0.2, 0) is 12.7 Å². The van der Waals surface area contributed by atoms with Gasteiger partial charge in [0.2, 0.25) is 0 Å². The van der Waals surface area contributed by atoms with Crippen molar-refractivity contribution in [1.29, 1.82) is 0 Å². The lowest BCUT2D eigenvalue weighted by molar-refractivity contribution is -0.141. The summed E-state index contributed by atoms with van der Waals surface area (Å²) >= 11 is 0. The van der Waals surface area contributed by atoms with E-state index in [1.165, 1.54) is 6.20 Å². The minimum absolute atomic E-state index is 0.307. The monoisotopic (exact) mass is 284 g/mol. The van der Waals surface area contributed by atoms with Gasteiger partial charge >= 0.3 is 6.18 Å². The number of nitrogens with zero attached hydrogens (tertiary/aromatic N) is 3. The van der Waals surface area contributed by atoms with Crippen LogP contribution in [0, 0.1) is 0 Å². The lowest BCUT2D eigenvalue weighted by atomic mass is 10.3. The van der Waals surface area contributed by atoms with Gasteiger partial charge in [-0.15, -0.1) is 0 Å². The van der Waals surface area contributed by atoms with Crippen molar-refractivity contribution in [2.75, 3.05) is 0 Å². The Morgan fingerprint density at radius 3 is 2.60 bits per heavy atom. The molecule has 0 aromatic carbocycles. The minimum Gasteiger partial charge on any atom is -0.309 e. The fourth-order valence-corrected chi connectivity index (χ4v) is 1.60. The van der Waals surface area contributed by atoms with Gasteiger partial charge in [-0.3, -0.25) is 0 Å². The molecular formula is C13H15F3N4. The SMILES string of the molecule is CC(C)NCc1cccc(-n2ccc(C(F)(F)F)n2)n1. The van der Waals surface area contributed by atoms with Gasteiger partial charge in [-0.05, 0) is 18.2 Å². The third kappa shape index (κ3) is 3.57. The van der Waals surface area contributed by atoms with Crippen LogP contribution in [-0.4, -0.2) is 20.8 Å². The Balaban J connectivity index is 2.20. The highest BCUT2D eigenvalue weighted by atomic mass is 19.4. The number of aromatic nitrogens is 3. The third-order valence-electron chi connectivity index (χ3n) is 2.60. The summed E-state index contributed by atoms with van der Waals surface area (Å²) in [5.74, 6) is 0.364. The van der Waals surface area contributed by atoms with Crippen LogP contribution in [0.3, 0.4) is 0 Å². The summed E-state index contributed by atoms with van der Waals surface area (Å²) in [6.45, 7) is 4.57. The molecule has 0 saturated carbocycles. The molecule has 2 aromatic heterocycles. The first-order valence-electron chi connectivity index (χ1n) is 6.19. The van der Waals surface area contributed by atoms with Gasteiger partial charge in [0.15, 0.2) is 11.5 Å². The minimum atomic E-state index is -4.44. The summed E-state index contributed by atoms with van der Waals surface area (Å²) in [6.07, 6.45) is -3.19. The van der Waals surface area contributed by atoms with Gasteiger partial charge in [-0.2, -0.15) is 18.3 Å². The summed E-state index contributed by atoms with van der Waals surface area (Å²) in [6, 6.07) is 6.41. The average molecular weight is 284 g/mol. The van der Waals surface area contributed by atoms with Crippen molar-refractivity contribution < 1.29 is 13.2 Å². The van der Waals surface area contributed by atoms with Crippen LogP contribution in [0.4, 0.5) is 13.2 Å². The molecule has 108 valence electrons.